The number of hydrogen-bond acceptors (Lipinski definition) is 1. The maximum absolute atomic E-state index is 5.89. The lowest BCUT2D eigenvalue weighted by atomic mass is 10.0. The summed E-state index contributed by atoms with van der Waals surface area (Å²) in [5.41, 5.74) is 1.27. The second-order valence-corrected chi connectivity index (χ2v) is 5.74. The number of ether oxygens (including phenoxy) is 1. The van der Waals surface area contributed by atoms with E-state index in [1.165, 1.54) is 18.4 Å². The summed E-state index contributed by atoms with van der Waals surface area (Å²) < 4.78 is 7.00. The molecule has 0 amide bonds. The average Bonchev–Trinajstić information content (AvgIpc) is 2.35. The van der Waals surface area contributed by atoms with Crippen molar-refractivity contribution in [3.63, 3.8) is 0 Å². The summed E-state index contributed by atoms with van der Waals surface area (Å²) in [4.78, 5) is 0. The Hall–Kier alpha value is -0.760. The molecule has 1 nitrogen and oxygen atoms in total. The van der Waals surface area contributed by atoms with Gasteiger partial charge in [-0.15, -0.1) is 6.58 Å². The Kier molecular flexibility index (Phi) is 7.11. The highest BCUT2D eigenvalue weighted by Crippen LogP contribution is 2.29. The van der Waals surface area contributed by atoms with Gasteiger partial charge >= 0.3 is 0 Å². The van der Waals surface area contributed by atoms with Crippen molar-refractivity contribution in [2.24, 2.45) is 0 Å². The Morgan fingerprint density at radius 1 is 1.28 bits per heavy atom. The number of benzene rings is 1. The van der Waals surface area contributed by atoms with Crippen molar-refractivity contribution < 1.29 is 4.74 Å². The summed E-state index contributed by atoms with van der Waals surface area (Å²) in [5, 5.41) is 0. The standard InChI is InChI=1S/C16H23BrO/c1-4-5-6-7-8-11-18-16-10-9-14(17)12-15(16)13(2)3/h4,9-10,12-13H,1,5-8,11H2,2-3H3. The molecular formula is C16H23BrO. The maximum atomic E-state index is 5.89. The first kappa shape index (κ1) is 15.3. The van der Waals surface area contributed by atoms with E-state index in [2.05, 4.69) is 48.5 Å². The van der Waals surface area contributed by atoms with Gasteiger partial charge in [-0.2, -0.15) is 0 Å². The molecule has 0 heterocycles. The fourth-order valence-electron chi connectivity index (χ4n) is 1.85. The van der Waals surface area contributed by atoms with Crippen LogP contribution in [-0.2, 0) is 0 Å². The SMILES string of the molecule is C=CCCCCCOc1ccc(Br)cc1C(C)C. The molecule has 0 fully saturated rings. The number of halogens is 1. The van der Waals surface area contributed by atoms with Crippen LogP contribution in [0.3, 0.4) is 0 Å². The van der Waals surface area contributed by atoms with Crippen molar-refractivity contribution in [1.82, 2.24) is 0 Å². The molecule has 0 spiro atoms. The van der Waals surface area contributed by atoms with Gasteiger partial charge in [0, 0.05) is 4.47 Å². The molecule has 0 aliphatic carbocycles. The number of allylic oxidation sites excluding steroid dienone is 1. The van der Waals surface area contributed by atoms with Gasteiger partial charge in [-0.3, -0.25) is 0 Å². The lowest BCUT2D eigenvalue weighted by molar-refractivity contribution is 0.301. The van der Waals surface area contributed by atoms with Gasteiger partial charge in [0.05, 0.1) is 6.61 Å². The monoisotopic (exact) mass is 310 g/mol. The highest BCUT2D eigenvalue weighted by atomic mass is 79.9. The van der Waals surface area contributed by atoms with Gasteiger partial charge in [0.15, 0.2) is 0 Å². The molecule has 0 N–H and O–H groups in total. The van der Waals surface area contributed by atoms with Gasteiger partial charge in [-0.1, -0.05) is 35.9 Å². The van der Waals surface area contributed by atoms with Crippen LogP contribution in [0.4, 0.5) is 0 Å². The molecule has 0 aliphatic heterocycles. The molecule has 1 rings (SSSR count). The van der Waals surface area contributed by atoms with Gasteiger partial charge in [0.1, 0.15) is 5.75 Å². The Morgan fingerprint density at radius 2 is 2.06 bits per heavy atom. The topological polar surface area (TPSA) is 9.23 Å². The number of unbranched alkanes of at least 4 members (excludes halogenated alkanes) is 3. The van der Waals surface area contributed by atoms with Crippen LogP contribution >= 0.6 is 15.9 Å². The summed E-state index contributed by atoms with van der Waals surface area (Å²) >= 11 is 3.51. The minimum absolute atomic E-state index is 0.485. The molecule has 18 heavy (non-hydrogen) atoms. The van der Waals surface area contributed by atoms with Crippen molar-refractivity contribution in [2.75, 3.05) is 6.61 Å². The molecule has 1 aromatic rings. The lowest BCUT2D eigenvalue weighted by Gasteiger charge is -2.14. The van der Waals surface area contributed by atoms with E-state index in [1.54, 1.807) is 0 Å². The van der Waals surface area contributed by atoms with E-state index in [4.69, 9.17) is 4.74 Å². The molecule has 2 heteroatoms. The highest BCUT2D eigenvalue weighted by molar-refractivity contribution is 9.10. The van der Waals surface area contributed by atoms with Crippen molar-refractivity contribution in [3.05, 3.63) is 40.9 Å². The summed E-state index contributed by atoms with van der Waals surface area (Å²) in [7, 11) is 0. The van der Waals surface area contributed by atoms with E-state index in [0.29, 0.717) is 5.92 Å². The van der Waals surface area contributed by atoms with Crippen LogP contribution < -0.4 is 4.74 Å². The van der Waals surface area contributed by atoms with E-state index < -0.39 is 0 Å². The first-order chi connectivity index (χ1) is 8.65. The van der Waals surface area contributed by atoms with Crippen molar-refractivity contribution >= 4 is 15.9 Å². The fraction of sp³-hybridized carbons (Fsp3) is 0.500. The molecule has 0 unspecified atom stereocenters. The molecule has 0 aliphatic rings. The third-order valence-corrected chi connectivity index (χ3v) is 3.40. The molecule has 0 saturated carbocycles. The van der Waals surface area contributed by atoms with E-state index in [0.717, 1.165) is 29.7 Å². The van der Waals surface area contributed by atoms with Crippen molar-refractivity contribution in [3.8, 4) is 5.75 Å². The zero-order chi connectivity index (χ0) is 13.4. The Balaban J connectivity index is 2.44. The largest absolute Gasteiger partial charge is 0.493 e. The third-order valence-electron chi connectivity index (χ3n) is 2.90. The van der Waals surface area contributed by atoms with Gasteiger partial charge < -0.3 is 4.74 Å². The average molecular weight is 311 g/mol. The smallest absolute Gasteiger partial charge is 0.122 e. The Morgan fingerprint density at radius 3 is 2.72 bits per heavy atom. The third kappa shape index (κ3) is 5.26. The number of hydrogen-bond donors (Lipinski definition) is 0. The van der Waals surface area contributed by atoms with Gasteiger partial charge in [0.2, 0.25) is 0 Å². The summed E-state index contributed by atoms with van der Waals surface area (Å²) in [6.45, 7) is 8.92. The molecule has 0 bridgehead atoms. The molecule has 0 atom stereocenters. The fourth-order valence-corrected chi connectivity index (χ4v) is 2.23. The van der Waals surface area contributed by atoms with Crippen LogP contribution in [0.2, 0.25) is 0 Å². The second kappa shape index (κ2) is 8.36. The minimum Gasteiger partial charge on any atom is -0.493 e. The van der Waals surface area contributed by atoms with Crippen LogP contribution in [0.1, 0.15) is 51.0 Å². The van der Waals surface area contributed by atoms with Crippen molar-refractivity contribution in [2.45, 2.75) is 45.4 Å². The molecular weight excluding hydrogens is 288 g/mol. The lowest BCUT2D eigenvalue weighted by Crippen LogP contribution is -2.01. The normalized spacial score (nSPS) is 10.7. The molecule has 100 valence electrons. The minimum atomic E-state index is 0.485. The molecule has 0 saturated heterocycles. The molecule has 1 aromatic carbocycles. The van der Waals surface area contributed by atoms with E-state index in [-0.39, 0.29) is 0 Å². The van der Waals surface area contributed by atoms with Gasteiger partial charge in [-0.25, -0.2) is 0 Å². The van der Waals surface area contributed by atoms with E-state index in [1.807, 2.05) is 12.1 Å². The zero-order valence-corrected chi connectivity index (χ0v) is 13.0. The van der Waals surface area contributed by atoms with Crippen LogP contribution in [0, 0.1) is 0 Å². The molecule has 0 radical (unpaired) electrons. The highest BCUT2D eigenvalue weighted by Gasteiger charge is 2.08. The summed E-state index contributed by atoms with van der Waals surface area (Å²) in [5.74, 6) is 1.51. The zero-order valence-electron chi connectivity index (χ0n) is 11.4. The Labute approximate surface area is 119 Å². The van der Waals surface area contributed by atoms with E-state index >= 15 is 0 Å². The Bertz CT molecular complexity index is 371. The predicted octanol–water partition coefficient (Wildman–Crippen LogP) is 5.70. The van der Waals surface area contributed by atoms with Gasteiger partial charge in [0.25, 0.3) is 0 Å². The van der Waals surface area contributed by atoms with Crippen LogP contribution in [0.5, 0.6) is 5.75 Å². The van der Waals surface area contributed by atoms with Crippen LogP contribution in [-0.4, -0.2) is 6.61 Å². The maximum Gasteiger partial charge on any atom is 0.122 e. The predicted molar refractivity (Wildman–Crippen MR) is 82.4 cm³/mol. The van der Waals surface area contributed by atoms with Crippen LogP contribution in [0.15, 0.2) is 35.3 Å². The quantitative estimate of drug-likeness (QED) is 0.442. The molecule has 0 aromatic heterocycles. The van der Waals surface area contributed by atoms with Crippen molar-refractivity contribution in [1.29, 1.82) is 0 Å². The first-order valence-electron chi connectivity index (χ1n) is 6.68. The van der Waals surface area contributed by atoms with E-state index in [9.17, 15) is 0 Å². The van der Waals surface area contributed by atoms with Crippen LogP contribution in [0.25, 0.3) is 0 Å². The van der Waals surface area contributed by atoms with Gasteiger partial charge in [-0.05, 0) is 55.4 Å². The number of rotatable bonds is 8. The summed E-state index contributed by atoms with van der Waals surface area (Å²) in [6, 6.07) is 6.25. The second-order valence-electron chi connectivity index (χ2n) is 4.82. The summed E-state index contributed by atoms with van der Waals surface area (Å²) in [6.07, 6.45) is 6.62. The first-order valence-corrected chi connectivity index (χ1v) is 7.47.